The first-order valence-corrected chi connectivity index (χ1v) is 9.71. The SMILES string of the molecule is CC1(c2ccc(F)cc2)NC(=O)N(CC(=O)NCC(=O)Nc2ccccc2Br)C1=O. The van der Waals surface area contributed by atoms with E-state index in [2.05, 4.69) is 31.9 Å². The molecule has 156 valence electrons. The number of halogens is 2. The lowest BCUT2D eigenvalue weighted by atomic mass is 9.92. The number of nitrogens with zero attached hydrogens (tertiary/aromatic N) is 1. The smallest absolute Gasteiger partial charge is 0.325 e. The van der Waals surface area contributed by atoms with Gasteiger partial charge in [0.25, 0.3) is 5.91 Å². The Morgan fingerprint density at radius 1 is 1.10 bits per heavy atom. The number of imide groups is 1. The molecule has 1 fully saturated rings. The Morgan fingerprint density at radius 3 is 2.43 bits per heavy atom. The molecular formula is C20H18BrFN4O4. The summed E-state index contributed by atoms with van der Waals surface area (Å²) in [5.74, 6) is -2.27. The first kappa shape index (κ1) is 21.4. The molecule has 0 bridgehead atoms. The van der Waals surface area contributed by atoms with E-state index < -0.39 is 41.7 Å². The predicted molar refractivity (Wildman–Crippen MR) is 110 cm³/mol. The molecule has 0 spiro atoms. The zero-order chi connectivity index (χ0) is 21.9. The summed E-state index contributed by atoms with van der Waals surface area (Å²) >= 11 is 3.30. The second kappa shape index (κ2) is 8.62. The molecule has 30 heavy (non-hydrogen) atoms. The average Bonchev–Trinajstić information content (AvgIpc) is 2.92. The van der Waals surface area contributed by atoms with Gasteiger partial charge in [-0.1, -0.05) is 24.3 Å². The predicted octanol–water partition coefficient (Wildman–Crippen LogP) is 2.11. The van der Waals surface area contributed by atoms with Crippen LogP contribution in [-0.2, 0) is 19.9 Å². The van der Waals surface area contributed by atoms with Gasteiger partial charge < -0.3 is 16.0 Å². The molecule has 1 heterocycles. The standard InChI is InChI=1S/C20H18BrFN4O4/c1-20(12-6-8-13(22)9-7-12)18(29)26(19(30)25-20)11-17(28)23-10-16(27)24-15-5-3-2-4-14(15)21/h2-9H,10-11H2,1H3,(H,23,28)(H,24,27)(H,25,30). The van der Waals surface area contributed by atoms with E-state index in [0.29, 0.717) is 15.7 Å². The number of nitrogens with one attached hydrogen (secondary N) is 3. The molecule has 1 unspecified atom stereocenters. The van der Waals surface area contributed by atoms with E-state index in [1.54, 1.807) is 24.3 Å². The maximum atomic E-state index is 13.2. The van der Waals surface area contributed by atoms with E-state index in [1.807, 2.05) is 0 Å². The van der Waals surface area contributed by atoms with Crippen LogP contribution in [0.25, 0.3) is 0 Å². The van der Waals surface area contributed by atoms with Crippen LogP contribution in [0.1, 0.15) is 12.5 Å². The van der Waals surface area contributed by atoms with Crippen molar-refractivity contribution in [3.8, 4) is 0 Å². The van der Waals surface area contributed by atoms with Crippen LogP contribution in [0.15, 0.2) is 53.0 Å². The molecule has 2 aromatic rings. The summed E-state index contributed by atoms with van der Waals surface area (Å²) < 4.78 is 13.8. The van der Waals surface area contributed by atoms with Crippen LogP contribution in [-0.4, -0.2) is 41.7 Å². The number of amides is 5. The number of hydrogen-bond acceptors (Lipinski definition) is 4. The van der Waals surface area contributed by atoms with Crippen molar-refractivity contribution >= 4 is 45.4 Å². The third kappa shape index (κ3) is 4.48. The highest BCUT2D eigenvalue weighted by molar-refractivity contribution is 9.10. The van der Waals surface area contributed by atoms with E-state index in [0.717, 1.165) is 4.90 Å². The van der Waals surface area contributed by atoms with Gasteiger partial charge in [-0.3, -0.25) is 19.3 Å². The minimum Gasteiger partial charge on any atom is -0.345 e. The maximum absolute atomic E-state index is 13.2. The highest BCUT2D eigenvalue weighted by Gasteiger charge is 2.49. The number of carbonyl (C=O) groups is 4. The van der Waals surface area contributed by atoms with Crippen molar-refractivity contribution in [1.29, 1.82) is 0 Å². The Labute approximate surface area is 179 Å². The lowest BCUT2D eigenvalue weighted by molar-refractivity contribution is -0.135. The summed E-state index contributed by atoms with van der Waals surface area (Å²) in [6.07, 6.45) is 0. The van der Waals surface area contributed by atoms with Crippen LogP contribution in [0.2, 0.25) is 0 Å². The molecule has 1 aliphatic rings. The topological polar surface area (TPSA) is 108 Å². The minimum absolute atomic E-state index is 0.334. The minimum atomic E-state index is -1.41. The fraction of sp³-hybridized carbons (Fsp3) is 0.200. The highest BCUT2D eigenvalue weighted by atomic mass is 79.9. The number of benzene rings is 2. The molecule has 0 radical (unpaired) electrons. The number of carbonyl (C=O) groups excluding carboxylic acids is 4. The summed E-state index contributed by atoms with van der Waals surface area (Å²) in [6.45, 7) is 0.590. The van der Waals surface area contributed by atoms with E-state index in [4.69, 9.17) is 0 Å². The zero-order valence-electron chi connectivity index (χ0n) is 15.9. The fourth-order valence-corrected chi connectivity index (χ4v) is 3.34. The monoisotopic (exact) mass is 476 g/mol. The van der Waals surface area contributed by atoms with Crippen LogP contribution in [0, 0.1) is 5.82 Å². The Morgan fingerprint density at radius 2 is 1.77 bits per heavy atom. The maximum Gasteiger partial charge on any atom is 0.325 e. The van der Waals surface area contributed by atoms with E-state index in [1.165, 1.54) is 31.2 Å². The van der Waals surface area contributed by atoms with Gasteiger partial charge in [-0.2, -0.15) is 0 Å². The van der Waals surface area contributed by atoms with Crippen molar-refractivity contribution in [2.45, 2.75) is 12.5 Å². The van der Waals surface area contributed by atoms with Crippen molar-refractivity contribution < 1.29 is 23.6 Å². The van der Waals surface area contributed by atoms with Gasteiger partial charge >= 0.3 is 6.03 Å². The molecule has 0 aliphatic carbocycles. The van der Waals surface area contributed by atoms with Crippen molar-refractivity contribution in [3.05, 3.63) is 64.4 Å². The molecule has 0 aromatic heterocycles. The summed E-state index contributed by atoms with van der Waals surface area (Å²) in [4.78, 5) is 50.0. The van der Waals surface area contributed by atoms with E-state index in [-0.39, 0.29) is 6.54 Å². The first-order valence-electron chi connectivity index (χ1n) is 8.92. The second-order valence-corrected chi connectivity index (χ2v) is 7.61. The molecule has 8 nitrogen and oxygen atoms in total. The van der Waals surface area contributed by atoms with Gasteiger partial charge in [0, 0.05) is 4.47 Å². The van der Waals surface area contributed by atoms with Gasteiger partial charge in [0.05, 0.1) is 12.2 Å². The Kier molecular flexibility index (Phi) is 6.16. The van der Waals surface area contributed by atoms with Crippen LogP contribution in [0.5, 0.6) is 0 Å². The van der Waals surface area contributed by atoms with E-state index >= 15 is 0 Å². The Bertz CT molecular complexity index is 1010. The molecule has 1 atom stereocenters. The molecule has 3 N–H and O–H groups in total. The number of para-hydroxylation sites is 1. The van der Waals surface area contributed by atoms with Crippen LogP contribution >= 0.6 is 15.9 Å². The third-order valence-corrected chi connectivity index (χ3v) is 5.28. The van der Waals surface area contributed by atoms with Gasteiger partial charge in [-0.25, -0.2) is 9.18 Å². The molecule has 2 aromatic carbocycles. The van der Waals surface area contributed by atoms with Gasteiger partial charge in [-0.15, -0.1) is 0 Å². The lowest BCUT2D eigenvalue weighted by Gasteiger charge is -2.22. The first-order chi connectivity index (χ1) is 14.2. The zero-order valence-corrected chi connectivity index (χ0v) is 17.5. The van der Waals surface area contributed by atoms with Crippen LogP contribution < -0.4 is 16.0 Å². The molecular weight excluding hydrogens is 459 g/mol. The molecule has 3 rings (SSSR count). The fourth-order valence-electron chi connectivity index (χ4n) is 2.95. The van der Waals surface area contributed by atoms with Crippen molar-refractivity contribution in [1.82, 2.24) is 15.5 Å². The highest BCUT2D eigenvalue weighted by Crippen LogP contribution is 2.28. The molecule has 0 saturated carbocycles. The summed E-state index contributed by atoms with van der Waals surface area (Å²) in [5.41, 5.74) is -0.485. The third-order valence-electron chi connectivity index (χ3n) is 4.59. The molecule has 5 amide bonds. The number of hydrogen-bond donors (Lipinski definition) is 3. The van der Waals surface area contributed by atoms with E-state index in [9.17, 15) is 23.6 Å². The number of rotatable bonds is 6. The van der Waals surface area contributed by atoms with Gasteiger partial charge in [-0.05, 0) is 52.7 Å². The second-order valence-electron chi connectivity index (χ2n) is 6.76. The number of urea groups is 1. The lowest BCUT2D eigenvalue weighted by Crippen LogP contribution is -2.44. The molecule has 1 aliphatic heterocycles. The number of anilines is 1. The molecule has 1 saturated heterocycles. The normalized spacial score (nSPS) is 18.2. The van der Waals surface area contributed by atoms with Crippen LogP contribution in [0.4, 0.5) is 14.9 Å². The van der Waals surface area contributed by atoms with Crippen LogP contribution in [0.3, 0.4) is 0 Å². The summed E-state index contributed by atoms with van der Waals surface area (Å²) in [7, 11) is 0. The Hall–Kier alpha value is -3.27. The van der Waals surface area contributed by atoms with Gasteiger partial charge in [0.15, 0.2) is 0 Å². The molecule has 10 heteroatoms. The van der Waals surface area contributed by atoms with Gasteiger partial charge in [0.1, 0.15) is 17.9 Å². The quantitative estimate of drug-likeness (QED) is 0.554. The largest absolute Gasteiger partial charge is 0.345 e. The Balaban J connectivity index is 1.58. The van der Waals surface area contributed by atoms with Crippen molar-refractivity contribution in [2.24, 2.45) is 0 Å². The summed E-state index contributed by atoms with van der Waals surface area (Å²) in [6, 6.07) is 11.4. The average molecular weight is 477 g/mol. The van der Waals surface area contributed by atoms with Crippen molar-refractivity contribution in [3.63, 3.8) is 0 Å². The van der Waals surface area contributed by atoms with Gasteiger partial charge in [0.2, 0.25) is 11.8 Å². The van der Waals surface area contributed by atoms with Crippen molar-refractivity contribution in [2.75, 3.05) is 18.4 Å². The summed E-state index contributed by atoms with van der Waals surface area (Å²) in [5, 5.41) is 7.53.